The van der Waals surface area contributed by atoms with Gasteiger partial charge in [-0.15, -0.1) is 0 Å². The Morgan fingerprint density at radius 3 is 1.94 bits per heavy atom. The number of carbonyl (C=O) groups is 1. The summed E-state index contributed by atoms with van der Waals surface area (Å²) in [5, 5.41) is 0. The Bertz CT molecular complexity index is 957. The third kappa shape index (κ3) is 6.71. The molecule has 3 rings (SSSR count). The predicted molar refractivity (Wildman–Crippen MR) is 132 cm³/mol. The molecule has 0 aliphatic rings. The van der Waals surface area contributed by atoms with E-state index in [1.807, 2.05) is 31.2 Å². The summed E-state index contributed by atoms with van der Waals surface area (Å²) in [4.78, 5) is 12.5. The molecule has 0 saturated heterocycles. The van der Waals surface area contributed by atoms with E-state index in [1.54, 1.807) is 24.3 Å². The first-order valence-electron chi connectivity index (χ1n) is 11.8. The van der Waals surface area contributed by atoms with Crippen molar-refractivity contribution in [2.75, 3.05) is 6.61 Å². The van der Waals surface area contributed by atoms with Crippen LogP contribution in [0.4, 0.5) is 0 Å². The molecular weight excluding hydrogens is 396 g/mol. The number of benzene rings is 3. The van der Waals surface area contributed by atoms with E-state index in [0.717, 1.165) is 16.9 Å². The molecule has 3 aromatic carbocycles. The summed E-state index contributed by atoms with van der Waals surface area (Å²) >= 11 is 0. The highest BCUT2D eigenvalue weighted by Crippen LogP contribution is 2.26. The van der Waals surface area contributed by atoms with E-state index in [0.29, 0.717) is 23.8 Å². The Morgan fingerprint density at radius 1 is 0.750 bits per heavy atom. The van der Waals surface area contributed by atoms with Crippen LogP contribution in [0.25, 0.3) is 11.1 Å². The van der Waals surface area contributed by atoms with Crippen LogP contribution < -0.4 is 9.47 Å². The number of esters is 1. The molecule has 3 nitrogen and oxygen atoms in total. The molecule has 0 radical (unpaired) electrons. The van der Waals surface area contributed by atoms with E-state index in [9.17, 15) is 4.79 Å². The first-order chi connectivity index (χ1) is 15.6. The van der Waals surface area contributed by atoms with Crippen molar-refractivity contribution >= 4 is 5.97 Å². The molecule has 0 amide bonds. The maximum atomic E-state index is 12.5. The van der Waals surface area contributed by atoms with Crippen molar-refractivity contribution in [2.24, 2.45) is 0 Å². The largest absolute Gasteiger partial charge is 0.494 e. The summed E-state index contributed by atoms with van der Waals surface area (Å²) in [6.07, 6.45) is 6.47. The van der Waals surface area contributed by atoms with Crippen molar-refractivity contribution in [2.45, 2.75) is 58.8 Å². The molecule has 3 aromatic rings. The molecule has 0 spiro atoms. The molecule has 3 heteroatoms. The molecule has 0 fully saturated rings. The molecule has 0 saturated carbocycles. The fourth-order valence-electron chi connectivity index (χ4n) is 3.78. The minimum atomic E-state index is -0.368. The quantitative estimate of drug-likeness (QED) is 0.175. The molecule has 0 unspecified atom stereocenters. The highest BCUT2D eigenvalue weighted by molar-refractivity contribution is 5.91. The van der Waals surface area contributed by atoms with Crippen molar-refractivity contribution in [3.8, 4) is 22.6 Å². The zero-order valence-corrected chi connectivity index (χ0v) is 19.5. The van der Waals surface area contributed by atoms with E-state index in [2.05, 4.69) is 38.1 Å². The van der Waals surface area contributed by atoms with Gasteiger partial charge in [-0.2, -0.15) is 0 Å². The number of unbranched alkanes of at least 4 members (excludes halogenated alkanes) is 3. The van der Waals surface area contributed by atoms with Gasteiger partial charge in [-0.25, -0.2) is 4.79 Å². The van der Waals surface area contributed by atoms with Crippen molar-refractivity contribution in [1.29, 1.82) is 0 Å². The minimum Gasteiger partial charge on any atom is -0.494 e. The maximum absolute atomic E-state index is 12.5. The second-order valence-electron chi connectivity index (χ2n) is 8.24. The van der Waals surface area contributed by atoms with Crippen LogP contribution >= 0.6 is 0 Å². The van der Waals surface area contributed by atoms with Crippen LogP contribution in [0.15, 0.2) is 72.8 Å². The van der Waals surface area contributed by atoms with E-state index >= 15 is 0 Å². The smallest absolute Gasteiger partial charge is 0.343 e. The average Bonchev–Trinajstić information content (AvgIpc) is 2.83. The lowest BCUT2D eigenvalue weighted by Gasteiger charge is -2.13. The third-order valence-electron chi connectivity index (χ3n) is 5.77. The first kappa shape index (κ1) is 23.6. The fraction of sp³-hybridized carbons (Fsp3) is 0.345. The lowest BCUT2D eigenvalue weighted by Crippen LogP contribution is -2.08. The van der Waals surface area contributed by atoms with Gasteiger partial charge in [0.1, 0.15) is 11.5 Å². The van der Waals surface area contributed by atoms with E-state index in [4.69, 9.17) is 9.47 Å². The number of ether oxygens (including phenoxy) is 2. The van der Waals surface area contributed by atoms with Gasteiger partial charge in [-0.3, -0.25) is 0 Å². The van der Waals surface area contributed by atoms with Crippen molar-refractivity contribution in [3.63, 3.8) is 0 Å². The van der Waals surface area contributed by atoms with Crippen LogP contribution in [0.3, 0.4) is 0 Å². The second-order valence-corrected chi connectivity index (χ2v) is 8.24. The number of carbonyl (C=O) groups excluding carboxylic acids is 1. The molecule has 32 heavy (non-hydrogen) atoms. The molecule has 0 aliphatic heterocycles. The first-order valence-corrected chi connectivity index (χ1v) is 11.8. The summed E-state index contributed by atoms with van der Waals surface area (Å²) in [6, 6.07) is 23.4. The number of hydrogen-bond acceptors (Lipinski definition) is 3. The molecule has 0 heterocycles. The Morgan fingerprint density at radius 2 is 1.34 bits per heavy atom. The zero-order valence-electron chi connectivity index (χ0n) is 19.5. The van der Waals surface area contributed by atoms with E-state index < -0.39 is 0 Å². The highest BCUT2D eigenvalue weighted by atomic mass is 16.5. The van der Waals surface area contributed by atoms with E-state index in [-0.39, 0.29) is 5.97 Å². The Kier molecular flexibility index (Phi) is 8.91. The molecular formula is C29H34O3. The maximum Gasteiger partial charge on any atom is 0.343 e. The van der Waals surface area contributed by atoms with Crippen LogP contribution in [0.5, 0.6) is 11.5 Å². The van der Waals surface area contributed by atoms with E-state index in [1.165, 1.54) is 37.7 Å². The van der Waals surface area contributed by atoms with Gasteiger partial charge in [0.25, 0.3) is 0 Å². The molecule has 1 atom stereocenters. The van der Waals surface area contributed by atoms with Gasteiger partial charge in [0, 0.05) is 0 Å². The predicted octanol–water partition coefficient (Wildman–Crippen LogP) is 8.05. The van der Waals surface area contributed by atoms with Crippen LogP contribution in [0.1, 0.15) is 74.7 Å². The van der Waals surface area contributed by atoms with Crippen molar-refractivity contribution < 1.29 is 14.3 Å². The van der Waals surface area contributed by atoms with Gasteiger partial charge >= 0.3 is 5.97 Å². The van der Waals surface area contributed by atoms with Crippen molar-refractivity contribution in [1.82, 2.24) is 0 Å². The van der Waals surface area contributed by atoms with Gasteiger partial charge in [0.05, 0.1) is 12.2 Å². The zero-order chi connectivity index (χ0) is 22.8. The summed E-state index contributed by atoms with van der Waals surface area (Å²) in [6.45, 7) is 7.10. The lowest BCUT2D eigenvalue weighted by atomic mass is 9.93. The minimum absolute atomic E-state index is 0.368. The molecule has 0 aliphatic carbocycles. The summed E-state index contributed by atoms with van der Waals surface area (Å²) in [7, 11) is 0. The Balaban J connectivity index is 1.58. The lowest BCUT2D eigenvalue weighted by molar-refractivity contribution is 0.0734. The topological polar surface area (TPSA) is 35.5 Å². The summed E-state index contributed by atoms with van der Waals surface area (Å²) in [5.41, 5.74) is 4.16. The fourth-order valence-corrected chi connectivity index (χ4v) is 3.78. The van der Waals surface area contributed by atoms with Crippen LogP contribution in [-0.4, -0.2) is 12.6 Å². The standard InChI is InChI=1S/C29H34O3/c1-4-6-7-8-9-22(3)23-10-12-24(13-11-23)25-14-16-26(17-15-25)29(30)32-28-20-18-27(19-21-28)31-5-2/h10-22H,4-9H2,1-3H3/t22-/m0/s1. The van der Waals surface area contributed by atoms with Crippen LogP contribution in [-0.2, 0) is 0 Å². The molecule has 168 valence electrons. The average molecular weight is 431 g/mol. The SMILES string of the molecule is CCCCCC[C@H](C)c1ccc(-c2ccc(C(=O)Oc3ccc(OCC)cc3)cc2)cc1. The van der Waals surface area contributed by atoms with Gasteiger partial charge in [0.15, 0.2) is 0 Å². The van der Waals surface area contributed by atoms with Gasteiger partial charge in [-0.1, -0.05) is 75.9 Å². The summed E-state index contributed by atoms with van der Waals surface area (Å²) in [5.74, 6) is 1.48. The third-order valence-corrected chi connectivity index (χ3v) is 5.77. The molecule has 0 aromatic heterocycles. The Labute approximate surface area is 192 Å². The highest BCUT2D eigenvalue weighted by Gasteiger charge is 2.10. The normalized spacial score (nSPS) is 11.7. The summed E-state index contributed by atoms with van der Waals surface area (Å²) < 4.78 is 10.9. The monoisotopic (exact) mass is 430 g/mol. The van der Waals surface area contributed by atoms with Crippen LogP contribution in [0, 0.1) is 0 Å². The molecule has 0 bridgehead atoms. The number of hydrogen-bond donors (Lipinski definition) is 0. The van der Waals surface area contributed by atoms with Gasteiger partial charge in [-0.05, 0) is 72.4 Å². The van der Waals surface area contributed by atoms with Crippen LogP contribution in [0.2, 0.25) is 0 Å². The van der Waals surface area contributed by atoms with Crippen molar-refractivity contribution in [3.05, 3.63) is 83.9 Å². The second kappa shape index (κ2) is 12.1. The molecule has 0 N–H and O–H groups in total. The number of rotatable bonds is 11. The Hall–Kier alpha value is -3.07. The van der Waals surface area contributed by atoms with Gasteiger partial charge < -0.3 is 9.47 Å². The van der Waals surface area contributed by atoms with Gasteiger partial charge in [0.2, 0.25) is 0 Å².